The lowest BCUT2D eigenvalue weighted by Gasteiger charge is -2.30. The van der Waals surface area contributed by atoms with Gasteiger partial charge in [-0.05, 0) is 103 Å². The minimum atomic E-state index is -0.362. The first-order valence-electron chi connectivity index (χ1n) is 19.4. The molecule has 0 aliphatic heterocycles. The highest BCUT2D eigenvalue weighted by Crippen LogP contribution is 2.64. The monoisotopic (exact) mass is 711 g/mol. The molecule has 262 valence electrons. The van der Waals surface area contributed by atoms with E-state index in [4.69, 9.17) is 0 Å². The summed E-state index contributed by atoms with van der Waals surface area (Å²) in [5.41, 5.74) is 21.0. The summed E-state index contributed by atoms with van der Waals surface area (Å²) in [5.74, 6) is 0. The highest BCUT2D eigenvalue weighted by atomic mass is 15.1. The van der Waals surface area contributed by atoms with E-state index in [-0.39, 0.29) is 5.41 Å². The summed E-state index contributed by atoms with van der Waals surface area (Å²) in [6, 6.07) is 82.2. The molecular formula is C55H37N. The molecule has 9 aromatic carbocycles. The van der Waals surface area contributed by atoms with E-state index in [0.29, 0.717) is 0 Å². The van der Waals surface area contributed by atoms with E-state index in [1.807, 2.05) is 0 Å². The van der Waals surface area contributed by atoms with Crippen LogP contribution in [0.4, 0.5) is 17.1 Å². The van der Waals surface area contributed by atoms with Crippen LogP contribution in [0.2, 0.25) is 0 Å². The number of benzene rings is 9. The molecular weight excluding hydrogens is 675 g/mol. The Kier molecular flexibility index (Phi) is 7.47. The summed E-state index contributed by atoms with van der Waals surface area (Å²) in [6.07, 6.45) is 0. The van der Waals surface area contributed by atoms with Gasteiger partial charge in [0.2, 0.25) is 0 Å². The number of hydrogen-bond acceptors (Lipinski definition) is 1. The van der Waals surface area contributed by atoms with Crippen LogP contribution in [-0.2, 0) is 5.41 Å². The van der Waals surface area contributed by atoms with Crippen LogP contribution < -0.4 is 4.90 Å². The van der Waals surface area contributed by atoms with Crippen molar-refractivity contribution in [2.45, 2.75) is 5.41 Å². The lowest BCUT2D eigenvalue weighted by molar-refractivity contribution is 0.794. The number of anilines is 3. The predicted octanol–water partition coefficient (Wildman–Crippen LogP) is 14.5. The first kappa shape index (κ1) is 32.2. The minimum absolute atomic E-state index is 0.362. The largest absolute Gasteiger partial charge is 0.310 e. The van der Waals surface area contributed by atoms with Gasteiger partial charge in [-0.2, -0.15) is 0 Å². The molecule has 9 aromatic rings. The molecule has 0 fully saturated rings. The van der Waals surface area contributed by atoms with Crippen LogP contribution >= 0.6 is 0 Å². The van der Waals surface area contributed by atoms with Gasteiger partial charge >= 0.3 is 0 Å². The molecule has 56 heavy (non-hydrogen) atoms. The van der Waals surface area contributed by atoms with Gasteiger partial charge in [0, 0.05) is 16.9 Å². The van der Waals surface area contributed by atoms with Crippen molar-refractivity contribution in [1.29, 1.82) is 0 Å². The molecule has 0 N–H and O–H groups in total. The van der Waals surface area contributed by atoms with Crippen molar-refractivity contribution in [3.8, 4) is 55.6 Å². The predicted molar refractivity (Wildman–Crippen MR) is 234 cm³/mol. The Bertz CT molecular complexity index is 2840. The molecule has 1 nitrogen and oxygen atoms in total. The number of para-hydroxylation sites is 1. The van der Waals surface area contributed by atoms with Crippen molar-refractivity contribution in [3.05, 3.63) is 247 Å². The molecule has 2 aliphatic carbocycles. The third kappa shape index (κ3) is 4.81. The molecule has 0 radical (unpaired) electrons. The van der Waals surface area contributed by atoms with Crippen molar-refractivity contribution in [3.63, 3.8) is 0 Å². The van der Waals surface area contributed by atoms with E-state index < -0.39 is 0 Å². The zero-order chi connectivity index (χ0) is 37.1. The van der Waals surface area contributed by atoms with E-state index in [1.165, 1.54) is 77.9 Å². The lowest BCUT2D eigenvalue weighted by Crippen LogP contribution is -2.25. The van der Waals surface area contributed by atoms with E-state index in [1.54, 1.807) is 0 Å². The highest BCUT2D eigenvalue weighted by Gasteiger charge is 2.51. The molecule has 0 heterocycles. The molecule has 0 amide bonds. The fourth-order valence-corrected chi connectivity index (χ4v) is 9.57. The molecule has 1 spiro atoms. The Labute approximate surface area is 328 Å². The van der Waals surface area contributed by atoms with Crippen molar-refractivity contribution in [2.24, 2.45) is 0 Å². The first-order chi connectivity index (χ1) is 27.8. The SMILES string of the molecule is c1ccc(-c2ccc(N(c3ccc(-c4cccc5c4-c4ccccc4C54c5ccccc5-c5ccccc54)cc3)c3ccccc3-c3ccccc3)cc2)cc1. The maximum Gasteiger partial charge on any atom is 0.0725 e. The molecule has 0 saturated carbocycles. The Morgan fingerprint density at radius 3 is 1.25 bits per heavy atom. The standard InChI is InChI=1S/C55H37N/c1-3-16-38(17-4-1)39-30-34-42(35-31-39)56(53-29-14-10-20-44(53)40-18-5-2-6-19-40)43-36-32-41(33-37-43)45-24-15-28-52-54(45)48-23-9-13-27-51(48)55(52)49-25-11-7-21-46(49)47-22-8-12-26-50(47)55/h1-37H. The lowest BCUT2D eigenvalue weighted by atomic mass is 9.70. The third-order valence-corrected chi connectivity index (χ3v) is 11.9. The summed E-state index contributed by atoms with van der Waals surface area (Å²) in [6.45, 7) is 0. The smallest absolute Gasteiger partial charge is 0.0725 e. The highest BCUT2D eigenvalue weighted by molar-refractivity contribution is 6.00. The summed E-state index contributed by atoms with van der Waals surface area (Å²) >= 11 is 0. The van der Waals surface area contributed by atoms with Crippen molar-refractivity contribution in [2.75, 3.05) is 4.90 Å². The Morgan fingerprint density at radius 1 is 0.250 bits per heavy atom. The van der Waals surface area contributed by atoms with Crippen LogP contribution in [0.1, 0.15) is 22.3 Å². The second kappa shape index (κ2) is 13.0. The normalized spacial score (nSPS) is 12.8. The topological polar surface area (TPSA) is 3.24 Å². The first-order valence-corrected chi connectivity index (χ1v) is 19.4. The zero-order valence-electron chi connectivity index (χ0n) is 30.8. The van der Waals surface area contributed by atoms with Crippen LogP contribution in [0.25, 0.3) is 55.6 Å². The molecule has 0 saturated heterocycles. The number of rotatable bonds is 6. The minimum Gasteiger partial charge on any atom is -0.310 e. The third-order valence-electron chi connectivity index (χ3n) is 11.9. The van der Waals surface area contributed by atoms with Gasteiger partial charge in [-0.3, -0.25) is 0 Å². The van der Waals surface area contributed by atoms with Gasteiger partial charge in [-0.25, -0.2) is 0 Å². The Balaban J connectivity index is 1.07. The molecule has 2 aliphatic rings. The van der Waals surface area contributed by atoms with Gasteiger partial charge < -0.3 is 4.90 Å². The average Bonchev–Trinajstić information content (AvgIpc) is 3.76. The van der Waals surface area contributed by atoms with E-state index in [2.05, 4.69) is 229 Å². The summed E-state index contributed by atoms with van der Waals surface area (Å²) < 4.78 is 0. The second-order valence-electron chi connectivity index (χ2n) is 14.8. The number of nitrogens with zero attached hydrogens (tertiary/aromatic N) is 1. The second-order valence-corrected chi connectivity index (χ2v) is 14.8. The summed E-state index contributed by atoms with van der Waals surface area (Å²) in [4.78, 5) is 2.40. The maximum absolute atomic E-state index is 2.40. The van der Waals surface area contributed by atoms with E-state index in [0.717, 1.165) is 17.1 Å². The summed E-state index contributed by atoms with van der Waals surface area (Å²) in [5, 5.41) is 0. The molecule has 0 unspecified atom stereocenters. The zero-order valence-corrected chi connectivity index (χ0v) is 30.8. The van der Waals surface area contributed by atoms with Crippen LogP contribution in [-0.4, -0.2) is 0 Å². The quantitative estimate of drug-likeness (QED) is 0.166. The maximum atomic E-state index is 2.40. The Hall–Kier alpha value is -7.22. The van der Waals surface area contributed by atoms with Crippen LogP contribution in [0.5, 0.6) is 0 Å². The Morgan fingerprint density at radius 2 is 0.643 bits per heavy atom. The van der Waals surface area contributed by atoms with Crippen LogP contribution in [0.3, 0.4) is 0 Å². The molecule has 0 bridgehead atoms. The van der Waals surface area contributed by atoms with Gasteiger partial charge in [-0.1, -0.05) is 194 Å². The molecule has 11 rings (SSSR count). The van der Waals surface area contributed by atoms with Crippen LogP contribution in [0.15, 0.2) is 224 Å². The van der Waals surface area contributed by atoms with Gasteiger partial charge in [0.25, 0.3) is 0 Å². The van der Waals surface area contributed by atoms with Gasteiger partial charge in [0.05, 0.1) is 11.1 Å². The van der Waals surface area contributed by atoms with E-state index in [9.17, 15) is 0 Å². The molecule has 0 aromatic heterocycles. The van der Waals surface area contributed by atoms with Crippen molar-refractivity contribution < 1.29 is 0 Å². The molecule has 1 heteroatoms. The number of fused-ring (bicyclic) bond motifs is 10. The van der Waals surface area contributed by atoms with Gasteiger partial charge in [0.15, 0.2) is 0 Å². The fourth-order valence-electron chi connectivity index (χ4n) is 9.57. The van der Waals surface area contributed by atoms with E-state index >= 15 is 0 Å². The molecule has 0 atom stereocenters. The summed E-state index contributed by atoms with van der Waals surface area (Å²) in [7, 11) is 0. The average molecular weight is 712 g/mol. The number of hydrogen-bond donors (Lipinski definition) is 0. The van der Waals surface area contributed by atoms with Crippen molar-refractivity contribution in [1.82, 2.24) is 0 Å². The van der Waals surface area contributed by atoms with Gasteiger partial charge in [-0.15, -0.1) is 0 Å². The fraction of sp³-hybridized carbons (Fsp3) is 0.0182. The van der Waals surface area contributed by atoms with Crippen LogP contribution in [0, 0.1) is 0 Å². The van der Waals surface area contributed by atoms with Gasteiger partial charge in [0.1, 0.15) is 0 Å². The van der Waals surface area contributed by atoms with Crippen molar-refractivity contribution >= 4 is 17.1 Å².